The van der Waals surface area contributed by atoms with Crippen molar-refractivity contribution < 1.29 is 19.4 Å². The number of halogens is 1. The van der Waals surface area contributed by atoms with Gasteiger partial charge < -0.3 is 15.2 Å². The first-order chi connectivity index (χ1) is 13.4. The number of amides is 1. The van der Waals surface area contributed by atoms with Gasteiger partial charge in [-0.3, -0.25) is 9.59 Å². The fourth-order valence-electron chi connectivity index (χ4n) is 2.41. The van der Waals surface area contributed by atoms with E-state index in [9.17, 15) is 19.5 Å². The zero-order valence-corrected chi connectivity index (χ0v) is 16.1. The minimum atomic E-state index is -0.745. The number of hydrogen-bond donors (Lipinski definition) is 2. The number of esters is 1. The summed E-state index contributed by atoms with van der Waals surface area (Å²) in [6, 6.07) is 13.7. The van der Waals surface area contributed by atoms with Crippen LogP contribution in [-0.4, -0.2) is 33.9 Å². The fourth-order valence-corrected chi connectivity index (χ4v) is 2.67. The van der Waals surface area contributed by atoms with Crippen LogP contribution in [0.15, 0.2) is 63.9 Å². The van der Waals surface area contributed by atoms with Crippen LogP contribution in [0.2, 0.25) is 0 Å². The zero-order valence-electron chi connectivity index (χ0n) is 14.5. The van der Waals surface area contributed by atoms with Gasteiger partial charge >= 0.3 is 5.97 Å². The van der Waals surface area contributed by atoms with E-state index in [0.717, 1.165) is 15.2 Å². The third-order valence-corrected chi connectivity index (χ3v) is 4.27. The molecule has 2 aromatic carbocycles. The number of benzene rings is 2. The van der Waals surface area contributed by atoms with E-state index in [-0.39, 0.29) is 11.3 Å². The van der Waals surface area contributed by atoms with E-state index in [1.165, 1.54) is 19.2 Å². The van der Waals surface area contributed by atoms with Crippen LogP contribution in [0.3, 0.4) is 0 Å². The Balaban J connectivity index is 1.94. The molecule has 0 radical (unpaired) electrons. The van der Waals surface area contributed by atoms with Crippen LogP contribution < -0.4 is 10.9 Å². The zero-order chi connectivity index (χ0) is 20.3. The minimum absolute atomic E-state index is 0.248. The molecule has 9 heteroatoms. The summed E-state index contributed by atoms with van der Waals surface area (Å²) in [5.74, 6) is -1.86. The lowest BCUT2D eigenvalue weighted by Gasteiger charge is -2.10. The molecule has 0 atom stereocenters. The lowest BCUT2D eigenvalue weighted by molar-refractivity contribution is 0.0600. The van der Waals surface area contributed by atoms with Crippen LogP contribution in [0.1, 0.15) is 20.8 Å². The van der Waals surface area contributed by atoms with Crippen molar-refractivity contribution >= 4 is 33.5 Å². The van der Waals surface area contributed by atoms with Crippen LogP contribution in [0.25, 0.3) is 5.69 Å². The Kier molecular flexibility index (Phi) is 5.55. The van der Waals surface area contributed by atoms with E-state index in [4.69, 9.17) is 0 Å². The van der Waals surface area contributed by atoms with E-state index in [2.05, 4.69) is 31.1 Å². The number of carbonyl (C=O) groups is 2. The minimum Gasteiger partial charge on any atom is -0.505 e. The van der Waals surface area contributed by atoms with Gasteiger partial charge in [-0.15, -0.1) is 0 Å². The van der Waals surface area contributed by atoms with Crippen molar-refractivity contribution in [2.75, 3.05) is 12.4 Å². The maximum absolute atomic E-state index is 12.6. The molecule has 3 rings (SSSR count). The van der Waals surface area contributed by atoms with Crippen molar-refractivity contribution in [2.45, 2.75) is 0 Å². The van der Waals surface area contributed by atoms with Crippen LogP contribution in [0.5, 0.6) is 5.75 Å². The molecule has 0 saturated heterocycles. The molecule has 0 saturated carbocycles. The molecule has 28 heavy (non-hydrogen) atoms. The molecule has 0 spiro atoms. The number of carbonyl (C=O) groups excluding carboxylic acids is 2. The Morgan fingerprint density at radius 1 is 1.14 bits per heavy atom. The van der Waals surface area contributed by atoms with Crippen LogP contribution in [-0.2, 0) is 4.74 Å². The number of hydrogen-bond acceptors (Lipinski definition) is 6. The van der Waals surface area contributed by atoms with E-state index in [1.54, 1.807) is 36.4 Å². The molecule has 1 aromatic heterocycles. The summed E-state index contributed by atoms with van der Waals surface area (Å²) in [5, 5.41) is 16.5. The lowest BCUT2D eigenvalue weighted by atomic mass is 10.2. The molecule has 1 amide bonds. The number of aromatic hydroxyl groups is 1. The fraction of sp³-hybridized carbons (Fsp3) is 0.0526. The summed E-state index contributed by atoms with van der Waals surface area (Å²) in [6.07, 6.45) is 0. The maximum Gasteiger partial charge on any atom is 0.337 e. The van der Waals surface area contributed by atoms with Gasteiger partial charge in [0.2, 0.25) is 0 Å². The topological polar surface area (TPSA) is 111 Å². The molecular formula is C19H14BrN3O5. The van der Waals surface area contributed by atoms with Gasteiger partial charge in [0.25, 0.3) is 11.5 Å². The highest BCUT2D eigenvalue weighted by molar-refractivity contribution is 9.10. The Bertz CT molecular complexity index is 1110. The highest BCUT2D eigenvalue weighted by Gasteiger charge is 2.18. The summed E-state index contributed by atoms with van der Waals surface area (Å²) < 4.78 is 6.46. The summed E-state index contributed by atoms with van der Waals surface area (Å²) in [7, 11) is 1.25. The van der Waals surface area contributed by atoms with Gasteiger partial charge in [0.05, 0.1) is 18.4 Å². The van der Waals surface area contributed by atoms with Gasteiger partial charge in [0.15, 0.2) is 11.4 Å². The van der Waals surface area contributed by atoms with E-state index >= 15 is 0 Å². The smallest absolute Gasteiger partial charge is 0.337 e. The molecule has 142 valence electrons. The van der Waals surface area contributed by atoms with Gasteiger partial charge in [0.1, 0.15) is 0 Å². The third kappa shape index (κ3) is 4.09. The number of nitrogens with zero attached hydrogens (tertiary/aromatic N) is 2. The van der Waals surface area contributed by atoms with Gasteiger partial charge in [0, 0.05) is 16.2 Å². The highest BCUT2D eigenvalue weighted by Crippen LogP contribution is 2.18. The van der Waals surface area contributed by atoms with Crippen molar-refractivity contribution in [3.05, 3.63) is 80.7 Å². The van der Waals surface area contributed by atoms with E-state index in [0.29, 0.717) is 11.4 Å². The van der Waals surface area contributed by atoms with Gasteiger partial charge in [-0.1, -0.05) is 22.0 Å². The van der Waals surface area contributed by atoms with Gasteiger partial charge in [-0.05, 0) is 42.5 Å². The Morgan fingerprint density at radius 3 is 2.54 bits per heavy atom. The van der Waals surface area contributed by atoms with E-state index < -0.39 is 23.2 Å². The molecule has 3 aromatic rings. The molecule has 0 fully saturated rings. The molecule has 0 aliphatic carbocycles. The SMILES string of the molecule is COC(=O)c1cccc(NC(=O)c2nn(-c3ccc(Br)cc3)c(=O)cc2O)c1. The third-order valence-electron chi connectivity index (χ3n) is 3.74. The largest absolute Gasteiger partial charge is 0.505 e. The standard InChI is InChI=1S/C19H14BrN3O5/c1-28-19(27)11-3-2-4-13(9-11)21-18(26)17-15(24)10-16(25)23(22-17)14-7-5-12(20)6-8-14/h2-10,24H,1H3,(H,21,26). The second-order valence-corrected chi connectivity index (χ2v) is 6.55. The molecule has 8 nitrogen and oxygen atoms in total. The second-order valence-electron chi connectivity index (χ2n) is 5.63. The summed E-state index contributed by atoms with van der Waals surface area (Å²) in [4.78, 5) is 36.3. The highest BCUT2D eigenvalue weighted by atomic mass is 79.9. The van der Waals surface area contributed by atoms with Crippen molar-refractivity contribution in [1.29, 1.82) is 0 Å². The molecule has 1 heterocycles. The summed E-state index contributed by atoms with van der Waals surface area (Å²) in [6.45, 7) is 0. The number of ether oxygens (including phenoxy) is 1. The normalized spacial score (nSPS) is 10.4. The van der Waals surface area contributed by atoms with Crippen molar-refractivity contribution in [3.8, 4) is 11.4 Å². The number of nitrogens with one attached hydrogen (secondary N) is 1. The number of aromatic nitrogens is 2. The average molecular weight is 444 g/mol. The number of anilines is 1. The summed E-state index contributed by atoms with van der Waals surface area (Å²) >= 11 is 3.30. The molecule has 0 aliphatic rings. The first-order valence-electron chi connectivity index (χ1n) is 7.98. The maximum atomic E-state index is 12.6. The Morgan fingerprint density at radius 2 is 1.86 bits per heavy atom. The van der Waals surface area contributed by atoms with Crippen molar-refractivity contribution in [3.63, 3.8) is 0 Å². The number of rotatable bonds is 4. The Hall–Kier alpha value is -3.46. The second kappa shape index (κ2) is 8.05. The van der Waals surface area contributed by atoms with Crippen LogP contribution in [0.4, 0.5) is 5.69 Å². The Labute approximate surface area is 167 Å². The quantitative estimate of drug-likeness (QED) is 0.599. The first kappa shape index (κ1) is 19.3. The average Bonchev–Trinajstić information content (AvgIpc) is 2.68. The molecule has 2 N–H and O–H groups in total. The van der Waals surface area contributed by atoms with Crippen LogP contribution >= 0.6 is 15.9 Å². The van der Waals surface area contributed by atoms with Crippen LogP contribution in [0, 0.1) is 0 Å². The predicted octanol–water partition coefficient (Wildman–Crippen LogP) is 2.74. The molecular weight excluding hydrogens is 430 g/mol. The predicted molar refractivity (Wildman–Crippen MR) is 105 cm³/mol. The lowest BCUT2D eigenvalue weighted by Crippen LogP contribution is -2.25. The summed E-state index contributed by atoms with van der Waals surface area (Å²) in [5.41, 5.74) is 0.0396. The molecule has 0 aliphatic heterocycles. The van der Waals surface area contributed by atoms with Crippen molar-refractivity contribution in [1.82, 2.24) is 9.78 Å². The molecule has 0 unspecified atom stereocenters. The monoisotopic (exact) mass is 443 g/mol. The van der Waals surface area contributed by atoms with Gasteiger partial charge in [-0.2, -0.15) is 9.78 Å². The van der Waals surface area contributed by atoms with Crippen molar-refractivity contribution in [2.24, 2.45) is 0 Å². The number of methoxy groups -OCH3 is 1. The van der Waals surface area contributed by atoms with E-state index in [1.807, 2.05) is 0 Å². The van der Waals surface area contributed by atoms with Gasteiger partial charge in [-0.25, -0.2) is 4.79 Å². The molecule has 0 bridgehead atoms. The first-order valence-corrected chi connectivity index (χ1v) is 8.77.